The Morgan fingerprint density at radius 3 is 2.70 bits per heavy atom. The third-order valence-electron chi connectivity index (χ3n) is 4.43. The SMILES string of the molecule is COc1ccc(C=CC(=O)OCc2cc(=O)n3c(n2)sc2ccccc23)cc1OC. The molecule has 8 heteroatoms. The minimum absolute atomic E-state index is 0.0882. The predicted octanol–water partition coefficient (Wildman–Crippen LogP) is 3.68. The largest absolute Gasteiger partial charge is 0.493 e. The molecule has 0 saturated heterocycles. The Kier molecular flexibility index (Phi) is 5.49. The maximum Gasteiger partial charge on any atom is 0.331 e. The van der Waals surface area contributed by atoms with Gasteiger partial charge < -0.3 is 14.2 Å². The number of ether oxygens (including phenoxy) is 3. The highest BCUT2D eigenvalue weighted by Crippen LogP contribution is 2.28. The minimum Gasteiger partial charge on any atom is -0.493 e. The molecule has 0 radical (unpaired) electrons. The molecule has 2 aromatic carbocycles. The summed E-state index contributed by atoms with van der Waals surface area (Å²) in [5.41, 5.74) is 1.77. The number of thiazole rings is 1. The van der Waals surface area contributed by atoms with Gasteiger partial charge in [0.25, 0.3) is 5.56 Å². The number of esters is 1. The monoisotopic (exact) mass is 422 g/mol. The standard InChI is InChI=1S/C22H18N2O5S/c1-27-17-9-7-14(11-18(17)28-2)8-10-21(26)29-13-15-12-20(25)24-16-5-3-4-6-19(16)30-22(24)23-15/h3-12H,13H2,1-2H3. The van der Waals surface area contributed by atoms with Crippen LogP contribution in [0.25, 0.3) is 21.3 Å². The number of carbonyl (C=O) groups excluding carboxylic acids is 1. The summed E-state index contributed by atoms with van der Waals surface area (Å²) in [6.07, 6.45) is 2.92. The lowest BCUT2D eigenvalue weighted by Gasteiger charge is -2.07. The van der Waals surface area contributed by atoms with Crippen molar-refractivity contribution < 1.29 is 19.0 Å². The van der Waals surface area contributed by atoms with Gasteiger partial charge in [-0.2, -0.15) is 0 Å². The number of hydrogen-bond acceptors (Lipinski definition) is 7. The highest BCUT2D eigenvalue weighted by molar-refractivity contribution is 7.23. The van der Waals surface area contributed by atoms with Crippen molar-refractivity contribution in [3.05, 3.63) is 76.2 Å². The van der Waals surface area contributed by atoms with Gasteiger partial charge in [-0.25, -0.2) is 9.78 Å². The lowest BCUT2D eigenvalue weighted by Crippen LogP contribution is -2.14. The van der Waals surface area contributed by atoms with Crippen LogP contribution in [-0.2, 0) is 16.1 Å². The summed E-state index contributed by atoms with van der Waals surface area (Å²) >= 11 is 1.41. The van der Waals surface area contributed by atoms with Gasteiger partial charge in [0, 0.05) is 12.1 Å². The Morgan fingerprint density at radius 1 is 1.10 bits per heavy atom. The fourth-order valence-corrected chi connectivity index (χ4v) is 4.06. The molecule has 0 amide bonds. The van der Waals surface area contributed by atoms with Crippen molar-refractivity contribution in [2.75, 3.05) is 14.2 Å². The van der Waals surface area contributed by atoms with Crippen LogP contribution in [0, 0.1) is 0 Å². The zero-order chi connectivity index (χ0) is 21.1. The molecule has 2 heterocycles. The van der Waals surface area contributed by atoms with Gasteiger partial charge >= 0.3 is 5.97 Å². The molecule has 2 aromatic heterocycles. The number of nitrogens with zero attached hydrogens (tertiary/aromatic N) is 2. The molecular weight excluding hydrogens is 404 g/mol. The molecule has 0 aliphatic carbocycles. The molecule has 4 aromatic rings. The van der Waals surface area contributed by atoms with Crippen LogP contribution in [0.4, 0.5) is 0 Å². The van der Waals surface area contributed by atoms with Gasteiger partial charge in [0.2, 0.25) is 0 Å². The first-order valence-corrected chi connectivity index (χ1v) is 9.88. The number of hydrogen-bond donors (Lipinski definition) is 0. The van der Waals surface area contributed by atoms with E-state index in [9.17, 15) is 9.59 Å². The van der Waals surface area contributed by atoms with Crippen molar-refractivity contribution in [3.63, 3.8) is 0 Å². The summed E-state index contributed by atoms with van der Waals surface area (Å²) in [6, 6.07) is 14.3. The summed E-state index contributed by atoms with van der Waals surface area (Å²) < 4.78 is 18.2. The van der Waals surface area contributed by atoms with Crippen molar-refractivity contribution in [2.45, 2.75) is 6.61 Å². The van der Waals surface area contributed by atoms with E-state index in [1.54, 1.807) is 42.9 Å². The highest BCUT2D eigenvalue weighted by atomic mass is 32.1. The van der Waals surface area contributed by atoms with E-state index in [-0.39, 0.29) is 12.2 Å². The minimum atomic E-state index is -0.539. The number of methoxy groups -OCH3 is 2. The van der Waals surface area contributed by atoms with E-state index < -0.39 is 5.97 Å². The van der Waals surface area contributed by atoms with Crippen LogP contribution in [0.5, 0.6) is 11.5 Å². The first kappa shape index (κ1) is 19.7. The van der Waals surface area contributed by atoms with E-state index in [2.05, 4.69) is 4.98 Å². The Balaban J connectivity index is 1.47. The quantitative estimate of drug-likeness (QED) is 0.348. The molecule has 30 heavy (non-hydrogen) atoms. The topological polar surface area (TPSA) is 79.1 Å². The van der Waals surface area contributed by atoms with Gasteiger partial charge in [-0.05, 0) is 35.9 Å². The van der Waals surface area contributed by atoms with Gasteiger partial charge in [0.1, 0.15) is 6.61 Å². The van der Waals surface area contributed by atoms with Gasteiger partial charge in [-0.15, -0.1) is 0 Å². The Bertz CT molecular complexity index is 1320. The molecule has 0 saturated carbocycles. The van der Waals surface area contributed by atoms with E-state index >= 15 is 0 Å². The Hall–Kier alpha value is -3.65. The van der Waals surface area contributed by atoms with Crippen LogP contribution in [0.3, 0.4) is 0 Å². The van der Waals surface area contributed by atoms with Crippen molar-refractivity contribution in [3.8, 4) is 11.5 Å². The maximum absolute atomic E-state index is 12.5. The van der Waals surface area contributed by atoms with Crippen LogP contribution >= 0.6 is 11.3 Å². The number of fused-ring (bicyclic) bond motifs is 3. The first-order chi connectivity index (χ1) is 14.6. The zero-order valence-electron chi connectivity index (χ0n) is 16.3. The molecule has 0 bridgehead atoms. The van der Waals surface area contributed by atoms with Crippen LogP contribution in [0.15, 0.2) is 59.4 Å². The average molecular weight is 422 g/mol. The molecule has 0 aliphatic heterocycles. The molecule has 4 rings (SSSR count). The summed E-state index contributed by atoms with van der Waals surface area (Å²) in [4.78, 5) is 29.6. The van der Waals surface area contributed by atoms with E-state index in [0.29, 0.717) is 22.2 Å². The maximum atomic E-state index is 12.5. The van der Waals surface area contributed by atoms with Crippen LogP contribution < -0.4 is 15.0 Å². The van der Waals surface area contributed by atoms with Crippen LogP contribution in [0.1, 0.15) is 11.3 Å². The fraction of sp³-hybridized carbons (Fsp3) is 0.136. The van der Waals surface area contributed by atoms with E-state index in [1.807, 2.05) is 24.3 Å². The zero-order valence-corrected chi connectivity index (χ0v) is 17.1. The Morgan fingerprint density at radius 2 is 1.90 bits per heavy atom. The summed E-state index contributed by atoms with van der Waals surface area (Å²) in [7, 11) is 3.10. The number of carbonyl (C=O) groups is 1. The normalized spacial score (nSPS) is 11.3. The molecule has 0 unspecified atom stereocenters. The van der Waals surface area contributed by atoms with Gasteiger partial charge in [0.05, 0.1) is 30.1 Å². The second-order valence-corrected chi connectivity index (χ2v) is 7.34. The molecular formula is C22H18N2O5S. The van der Waals surface area contributed by atoms with Crippen molar-refractivity contribution >= 4 is 38.6 Å². The summed E-state index contributed by atoms with van der Waals surface area (Å²) in [5, 5.41) is 0. The molecule has 0 fully saturated rings. The Labute approximate surface area is 175 Å². The van der Waals surface area contributed by atoms with E-state index in [1.165, 1.54) is 23.5 Å². The second kappa shape index (κ2) is 8.38. The van der Waals surface area contributed by atoms with E-state index in [4.69, 9.17) is 14.2 Å². The number of benzene rings is 2. The van der Waals surface area contributed by atoms with Crippen molar-refractivity contribution in [1.29, 1.82) is 0 Å². The fourth-order valence-electron chi connectivity index (χ4n) is 3.01. The second-order valence-electron chi connectivity index (χ2n) is 6.33. The highest BCUT2D eigenvalue weighted by Gasteiger charge is 2.10. The molecule has 0 N–H and O–H groups in total. The lowest BCUT2D eigenvalue weighted by molar-refractivity contribution is -0.139. The number of aromatic nitrogens is 2. The van der Waals surface area contributed by atoms with Crippen molar-refractivity contribution in [1.82, 2.24) is 9.38 Å². The molecule has 152 valence electrons. The molecule has 0 atom stereocenters. The van der Waals surface area contributed by atoms with Crippen molar-refractivity contribution in [2.24, 2.45) is 0 Å². The summed E-state index contributed by atoms with van der Waals surface area (Å²) in [5.74, 6) is 0.628. The van der Waals surface area contributed by atoms with Crippen LogP contribution in [-0.4, -0.2) is 29.6 Å². The average Bonchev–Trinajstić information content (AvgIpc) is 3.14. The number of para-hydroxylation sites is 1. The van der Waals surface area contributed by atoms with Crippen LogP contribution in [0.2, 0.25) is 0 Å². The first-order valence-electron chi connectivity index (χ1n) is 9.06. The number of rotatable bonds is 6. The third-order valence-corrected chi connectivity index (χ3v) is 5.45. The predicted molar refractivity (Wildman–Crippen MR) is 115 cm³/mol. The molecule has 0 spiro atoms. The molecule has 0 aliphatic rings. The van der Waals surface area contributed by atoms with Gasteiger partial charge in [-0.3, -0.25) is 9.20 Å². The third kappa shape index (κ3) is 3.90. The smallest absolute Gasteiger partial charge is 0.331 e. The lowest BCUT2D eigenvalue weighted by atomic mass is 10.2. The van der Waals surface area contributed by atoms with E-state index in [0.717, 1.165) is 15.8 Å². The summed E-state index contributed by atoms with van der Waals surface area (Å²) in [6.45, 7) is -0.0882. The molecule has 7 nitrogen and oxygen atoms in total. The van der Waals surface area contributed by atoms with Gasteiger partial charge in [-0.1, -0.05) is 29.5 Å². The van der Waals surface area contributed by atoms with Gasteiger partial charge in [0.15, 0.2) is 16.5 Å².